The van der Waals surface area contributed by atoms with Crippen molar-refractivity contribution in [2.45, 2.75) is 46.5 Å². The van der Waals surface area contributed by atoms with Crippen LogP contribution in [0, 0.1) is 0 Å². The second-order valence-corrected chi connectivity index (χ2v) is 7.34. The Hall–Kier alpha value is -2.07. The molecule has 0 spiro atoms. The van der Waals surface area contributed by atoms with Gasteiger partial charge in [0.05, 0.1) is 0 Å². The fraction of sp³-hybridized carbons (Fsp3) is 0.409. The van der Waals surface area contributed by atoms with Crippen molar-refractivity contribution < 1.29 is 4.42 Å². The summed E-state index contributed by atoms with van der Waals surface area (Å²) in [6, 6.07) is 8.36. The number of hydrogen-bond acceptors (Lipinski definition) is 4. The number of unbranched alkanes of at least 4 members (excludes halogenated alkanes) is 2. The highest BCUT2D eigenvalue weighted by Gasteiger charge is 2.17. The zero-order valence-electron chi connectivity index (χ0n) is 15.9. The van der Waals surface area contributed by atoms with Gasteiger partial charge in [0, 0.05) is 41.4 Å². The first-order valence-corrected chi connectivity index (χ1v) is 10.5. The Morgan fingerprint density at radius 1 is 1.08 bits per heavy atom. The summed E-state index contributed by atoms with van der Waals surface area (Å²) in [5, 5.41) is 5.22. The van der Waals surface area contributed by atoms with Crippen molar-refractivity contribution in [2.75, 3.05) is 18.0 Å². The van der Waals surface area contributed by atoms with E-state index in [1.165, 1.54) is 0 Å². The lowest BCUT2D eigenvalue weighted by Gasteiger charge is -2.21. The molecular weight excluding hydrogens is 342 g/mol. The van der Waals surface area contributed by atoms with Crippen LogP contribution >= 0.6 is 11.3 Å². The molecule has 2 aromatic heterocycles. The molecule has 2 heterocycles. The first-order chi connectivity index (χ1) is 12.7. The first kappa shape index (κ1) is 18.7. The smallest absolute Gasteiger partial charge is 0.340 e. The minimum absolute atomic E-state index is 0.188. The summed E-state index contributed by atoms with van der Waals surface area (Å²) in [7, 11) is 0. The molecule has 0 aliphatic carbocycles. The van der Waals surface area contributed by atoms with Gasteiger partial charge in [0.25, 0.3) is 0 Å². The van der Waals surface area contributed by atoms with Crippen molar-refractivity contribution in [3.8, 4) is 11.1 Å². The summed E-state index contributed by atoms with van der Waals surface area (Å²) < 4.78 is 5.76. The van der Waals surface area contributed by atoms with Gasteiger partial charge >= 0.3 is 5.63 Å². The SMILES string of the molecule is CCCCCc1c(-c2ccsc2)c2ccc(N(CC)CC)cc2oc1=O. The Morgan fingerprint density at radius 2 is 1.88 bits per heavy atom. The Kier molecular flexibility index (Phi) is 6.15. The van der Waals surface area contributed by atoms with Crippen molar-refractivity contribution in [3.05, 3.63) is 51.0 Å². The number of anilines is 1. The number of thiophene rings is 1. The van der Waals surface area contributed by atoms with Gasteiger partial charge in [0.2, 0.25) is 0 Å². The van der Waals surface area contributed by atoms with Crippen LogP contribution in [0.4, 0.5) is 5.69 Å². The fourth-order valence-corrected chi connectivity index (χ4v) is 4.18. The molecule has 0 saturated heterocycles. The van der Waals surface area contributed by atoms with Crippen LogP contribution < -0.4 is 10.5 Å². The fourth-order valence-electron chi connectivity index (χ4n) is 3.53. The summed E-state index contributed by atoms with van der Waals surface area (Å²) >= 11 is 1.66. The molecule has 0 radical (unpaired) electrons. The Bertz CT molecular complexity index is 908. The number of fused-ring (bicyclic) bond motifs is 1. The third-order valence-electron chi connectivity index (χ3n) is 4.95. The largest absolute Gasteiger partial charge is 0.422 e. The van der Waals surface area contributed by atoms with Gasteiger partial charge in [-0.25, -0.2) is 4.79 Å². The summed E-state index contributed by atoms with van der Waals surface area (Å²) in [4.78, 5) is 15.0. The third-order valence-corrected chi connectivity index (χ3v) is 5.64. The van der Waals surface area contributed by atoms with Crippen molar-refractivity contribution in [3.63, 3.8) is 0 Å². The van der Waals surface area contributed by atoms with Crippen molar-refractivity contribution in [1.29, 1.82) is 0 Å². The van der Waals surface area contributed by atoms with Gasteiger partial charge in [0.15, 0.2) is 0 Å². The lowest BCUT2D eigenvalue weighted by Crippen LogP contribution is -2.21. The van der Waals surface area contributed by atoms with E-state index in [0.29, 0.717) is 5.58 Å². The normalized spacial score (nSPS) is 11.2. The van der Waals surface area contributed by atoms with Crippen molar-refractivity contribution >= 4 is 28.0 Å². The number of rotatable bonds is 8. The second-order valence-electron chi connectivity index (χ2n) is 6.56. The van der Waals surface area contributed by atoms with E-state index >= 15 is 0 Å². The van der Waals surface area contributed by atoms with Crippen molar-refractivity contribution in [1.82, 2.24) is 0 Å². The lowest BCUT2D eigenvalue weighted by atomic mass is 9.95. The second kappa shape index (κ2) is 8.54. The highest BCUT2D eigenvalue weighted by molar-refractivity contribution is 7.08. The average molecular weight is 370 g/mol. The summed E-state index contributed by atoms with van der Waals surface area (Å²) in [6.45, 7) is 8.31. The molecule has 0 unspecified atom stereocenters. The van der Waals surface area contributed by atoms with E-state index < -0.39 is 0 Å². The molecule has 0 N–H and O–H groups in total. The standard InChI is InChI=1S/C22H27NO2S/c1-4-7-8-9-19-21(16-12-13-26-15-16)18-11-10-17(23(5-2)6-3)14-20(18)25-22(19)24/h10-15H,4-9H2,1-3H3. The molecule has 3 rings (SSSR count). The topological polar surface area (TPSA) is 33.5 Å². The molecule has 0 aliphatic rings. The molecule has 4 heteroatoms. The van der Waals surface area contributed by atoms with Crippen LogP contribution in [0.25, 0.3) is 22.1 Å². The molecule has 1 aromatic carbocycles. The van der Waals surface area contributed by atoms with Crippen LogP contribution in [-0.2, 0) is 6.42 Å². The minimum atomic E-state index is -0.188. The van der Waals surface area contributed by atoms with E-state index in [9.17, 15) is 4.79 Å². The highest BCUT2D eigenvalue weighted by atomic mass is 32.1. The van der Waals surface area contributed by atoms with Crippen molar-refractivity contribution in [2.24, 2.45) is 0 Å². The zero-order chi connectivity index (χ0) is 18.5. The predicted octanol–water partition coefficient (Wildman–Crippen LogP) is 6.10. The summed E-state index contributed by atoms with van der Waals surface area (Å²) in [5.74, 6) is 0. The third kappa shape index (κ3) is 3.70. The van der Waals surface area contributed by atoms with Crippen LogP contribution in [0.15, 0.2) is 44.2 Å². The molecule has 3 aromatic rings. The number of hydrogen-bond donors (Lipinski definition) is 0. The Morgan fingerprint density at radius 3 is 2.54 bits per heavy atom. The van der Waals surface area contributed by atoms with Gasteiger partial charge in [-0.2, -0.15) is 11.3 Å². The molecule has 3 nitrogen and oxygen atoms in total. The summed E-state index contributed by atoms with van der Waals surface area (Å²) in [6.07, 6.45) is 4.05. The number of nitrogens with zero attached hydrogens (tertiary/aromatic N) is 1. The van der Waals surface area contributed by atoms with Gasteiger partial charge in [0.1, 0.15) is 5.58 Å². The predicted molar refractivity (Wildman–Crippen MR) is 113 cm³/mol. The zero-order valence-corrected chi connectivity index (χ0v) is 16.7. The van der Waals surface area contributed by atoms with Crippen LogP contribution in [0.1, 0.15) is 45.6 Å². The highest BCUT2D eigenvalue weighted by Crippen LogP contribution is 2.34. The van der Waals surface area contributed by atoms with Crippen LogP contribution in [0.2, 0.25) is 0 Å². The van der Waals surface area contributed by atoms with Gasteiger partial charge < -0.3 is 9.32 Å². The maximum Gasteiger partial charge on any atom is 0.340 e. The van der Waals surface area contributed by atoms with Crippen LogP contribution in [0.3, 0.4) is 0 Å². The molecule has 0 saturated carbocycles. The molecule has 138 valence electrons. The van der Waals surface area contributed by atoms with E-state index in [2.05, 4.69) is 54.6 Å². The molecule has 0 amide bonds. The molecular formula is C22H27NO2S. The van der Waals surface area contributed by atoms with E-state index in [4.69, 9.17) is 4.42 Å². The Labute approximate surface area is 159 Å². The quantitative estimate of drug-likeness (QED) is 0.355. The molecule has 0 fully saturated rings. The molecule has 26 heavy (non-hydrogen) atoms. The van der Waals surface area contributed by atoms with Gasteiger partial charge in [-0.05, 0) is 61.2 Å². The molecule has 0 atom stereocenters. The van der Waals surface area contributed by atoms with Crippen LogP contribution in [0.5, 0.6) is 0 Å². The van der Waals surface area contributed by atoms with Gasteiger partial charge in [-0.1, -0.05) is 19.8 Å². The molecule has 0 bridgehead atoms. The minimum Gasteiger partial charge on any atom is -0.422 e. The maximum absolute atomic E-state index is 12.8. The average Bonchev–Trinajstić information content (AvgIpc) is 3.17. The van der Waals surface area contributed by atoms with E-state index in [1.54, 1.807) is 11.3 Å². The van der Waals surface area contributed by atoms with E-state index in [-0.39, 0.29) is 5.63 Å². The summed E-state index contributed by atoms with van der Waals surface area (Å²) in [5.41, 5.74) is 4.58. The van der Waals surface area contributed by atoms with Gasteiger partial charge in [-0.3, -0.25) is 0 Å². The molecule has 0 aliphatic heterocycles. The maximum atomic E-state index is 12.8. The van der Waals surface area contributed by atoms with Crippen LogP contribution in [-0.4, -0.2) is 13.1 Å². The van der Waals surface area contributed by atoms with E-state index in [0.717, 1.165) is 66.5 Å². The van der Waals surface area contributed by atoms with E-state index in [1.807, 2.05) is 6.07 Å². The number of benzene rings is 1. The monoisotopic (exact) mass is 369 g/mol. The van der Waals surface area contributed by atoms with Gasteiger partial charge in [-0.15, -0.1) is 0 Å². The Balaban J connectivity index is 2.18. The lowest BCUT2D eigenvalue weighted by molar-refractivity contribution is 0.546. The first-order valence-electron chi connectivity index (χ1n) is 9.56.